The number of hydrogen-bond donors (Lipinski definition) is 2. The molecule has 3 aromatic rings. The van der Waals surface area contributed by atoms with E-state index in [0.717, 1.165) is 11.1 Å². The van der Waals surface area contributed by atoms with Crippen molar-refractivity contribution in [2.75, 3.05) is 7.05 Å². The number of ether oxygens (including phenoxy) is 1. The molecular formula is C36H37N5O5S. The molecule has 0 atom stereocenters. The van der Waals surface area contributed by atoms with Gasteiger partial charge in [0.2, 0.25) is 0 Å². The zero-order valence-electron chi connectivity index (χ0n) is 26.4. The van der Waals surface area contributed by atoms with Gasteiger partial charge in [-0.2, -0.15) is 0 Å². The number of aryl methyl sites for hydroxylation is 2. The summed E-state index contributed by atoms with van der Waals surface area (Å²) in [5.74, 6) is -0.449. The largest absolute Gasteiger partial charge is 0.511 e. The summed E-state index contributed by atoms with van der Waals surface area (Å²) in [4.78, 5) is 26.7. The lowest BCUT2D eigenvalue weighted by molar-refractivity contribution is -0.157. The standard InChI is InChI=1S/C36H37N5O5S/c1-3-11-27-28(16-10-17-29(27)41-24-40-33-32(38-23-39-33)34(41)47(44,45)37-2)31-30(42)22-36(46-35(31)43,20-18-25-12-6-4-7-13-25)21-19-26-14-8-5-9-15-26/h4-10,12-17,23-24,37,42H,3,11,18-22H2,1-2H3. The van der Waals surface area contributed by atoms with E-state index in [1.54, 1.807) is 18.2 Å². The first kappa shape index (κ1) is 32.1. The minimum Gasteiger partial charge on any atom is -0.511 e. The molecule has 47 heavy (non-hydrogen) atoms. The number of aromatic nitrogens is 4. The van der Waals surface area contributed by atoms with Crippen molar-refractivity contribution in [3.63, 3.8) is 0 Å². The van der Waals surface area contributed by atoms with Gasteiger partial charge in [0.15, 0.2) is 10.9 Å². The molecule has 3 aromatic carbocycles. The SMILES string of the molecule is CCCc1c(C2=C(O)CC(CCc3ccccc3)(CCc3ccccc3)OC2=O)cccc1-n1cnc2ncnc-2c1S(=O)(=O)NC. The van der Waals surface area contributed by atoms with Gasteiger partial charge in [-0.3, -0.25) is 4.57 Å². The van der Waals surface area contributed by atoms with E-state index in [1.165, 1.54) is 24.3 Å². The number of benzene rings is 3. The lowest BCUT2D eigenvalue weighted by Gasteiger charge is -2.38. The number of esters is 1. The van der Waals surface area contributed by atoms with Gasteiger partial charge in [-0.25, -0.2) is 32.9 Å². The van der Waals surface area contributed by atoms with Gasteiger partial charge in [-0.1, -0.05) is 86.1 Å². The van der Waals surface area contributed by atoms with E-state index in [4.69, 9.17) is 4.74 Å². The quantitative estimate of drug-likeness (QED) is 0.127. The van der Waals surface area contributed by atoms with E-state index in [9.17, 15) is 18.3 Å². The highest BCUT2D eigenvalue weighted by molar-refractivity contribution is 7.89. The second kappa shape index (κ2) is 13.5. The highest BCUT2D eigenvalue weighted by Crippen LogP contribution is 2.41. The van der Waals surface area contributed by atoms with Crippen molar-refractivity contribution in [2.45, 2.75) is 62.5 Å². The molecule has 6 rings (SSSR count). The minimum atomic E-state index is -4.02. The van der Waals surface area contributed by atoms with Crippen LogP contribution in [-0.4, -0.2) is 51.7 Å². The van der Waals surface area contributed by atoms with Crippen LogP contribution in [0.4, 0.5) is 0 Å². The third-order valence-electron chi connectivity index (χ3n) is 8.71. The molecule has 0 aliphatic carbocycles. The van der Waals surface area contributed by atoms with Crippen molar-refractivity contribution < 1.29 is 23.1 Å². The summed E-state index contributed by atoms with van der Waals surface area (Å²) >= 11 is 0. The Bertz CT molecular complexity index is 1950. The number of nitrogens with zero attached hydrogens (tertiary/aromatic N) is 4. The molecule has 0 spiro atoms. The van der Waals surface area contributed by atoms with Crippen LogP contribution in [0.1, 0.15) is 54.9 Å². The molecule has 0 saturated carbocycles. The number of sulfonamides is 1. The summed E-state index contributed by atoms with van der Waals surface area (Å²) in [5.41, 5.74) is 3.20. The maximum absolute atomic E-state index is 14.1. The van der Waals surface area contributed by atoms with E-state index in [-0.39, 0.29) is 34.3 Å². The van der Waals surface area contributed by atoms with Crippen LogP contribution in [0.25, 0.3) is 22.8 Å². The van der Waals surface area contributed by atoms with Crippen molar-refractivity contribution >= 4 is 21.6 Å². The van der Waals surface area contributed by atoms with Gasteiger partial charge in [0.05, 0.1) is 5.69 Å². The summed E-state index contributed by atoms with van der Waals surface area (Å²) in [7, 11) is -2.69. The first-order chi connectivity index (χ1) is 22.7. The van der Waals surface area contributed by atoms with Crippen LogP contribution >= 0.6 is 0 Å². The van der Waals surface area contributed by atoms with Gasteiger partial charge in [0, 0.05) is 6.42 Å². The molecule has 3 heterocycles. The number of aliphatic hydroxyl groups excluding tert-OH is 1. The van der Waals surface area contributed by atoms with Crippen LogP contribution < -0.4 is 4.72 Å². The van der Waals surface area contributed by atoms with Crippen LogP contribution in [0.2, 0.25) is 0 Å². The van der Waals surface area contributed by atoms with Crippen molar-refractivity contribution in [1.82, 2.24) is 24.2 Å². The predicted octanol–water partition coefficient (Wildman–Crippen LogP) is 5.85. The smallest absolute Gasteiger partial charge is 0.342 e. The van der Waals surface area contributed by atoms with Gasteiger partial charge < -0.3 is 9.84 Å². The van der Waals surface area contributed by atoms with Crippen LogP contribution in [0.3, 0.4) is 0 Å². The molecular weight excluding hydrogens is 614 g/mol. The number of fused-ring (bicyclic) bond motifs is 1. The maximum atomic E-state index is 14.1. The van der Waals surface area contributed by atoms with Crippen LogP contribution in [0.15, 0.2) is 102 Å². The summed E-state index contributed by atoms with van der Waals surface area (Å²) in [6.07, 6.45) is 6.44. The van der Waals surface area contributed by atoms with E-state index >= 15 is 0 Å². The summed E-state index contributed by atoms with van der Waals surface area (Å²) in [6, 6.07) is 25.3. The third-order valence-corrected chi connectivity index (χ3v) is 10.2. The third kappa shape index (κ3) is 6.54. The fourth-order valence-corrected chi connectivity index (χ4v) is 7.35. The van der Waals surface area contributed by atoms with E-state index in [0.29, 0.717) is 55.3 Å². The number of cyclic esters (lactones) is 1. The molecule has 10 nitrogen and oxygen atoms in total. The highest BCUT2D eigenvalue weighted by atomic mass is 32.2. The molecule has 2 N–H and O–H groups in total. The van der Waals surface area contributed by atoms with Crippen molar-refractivity contribution in [2.24, 2.45) is 0 Å². The molecule has 0 bridgehead atoms. The molecule has 0 saturated heterocycles. The van der Waals surface area contributed by atoms with Gasteiger partial charge in [0.1, 0.15) is 35.3 Å². The number of carbonyl (C=O) groups excluding carboxylic acids is 1. The Balaban J connectivity index is 1.44. The van der Waals surface area contributed by atoms with E-state index in [2.05, 4.69) is 19.7 Å². The molecule has 3 aliphatic rings. The molecule has 0 unspecified atom stereocenters. The number of carbonyl (C=O) groups is 1. The Morgan fingerprint density at radius 1 is 0.894 bits per heavy atom. The average molecular weight is 652 g/mol. The summed E-state index contributed by atoms with van der Waals surface area (Å²) in [6.45, 7) is 1.99. The molecule has 0 amide bonds. The number of hydrogen-bond acceptors (Lipinski definition) is 8. The van der Waals surface area contributed by atoms with Crippen molar-refractivity contribution in [1.29, 1.82) is 0 Å². The second-order valence-corrected chi connectivity index (χ2v) is 13.6. The summed E-state index contributed by atoms with van der Waals surface area (Å²) < 4.78 is 36.8. The number of aliphatic hydroxyl groups is 1. The number of nitrogens with one attached hydrogen (secondary N) is 1. The van der Waals surface area contributed by atoms with E-state index in [1.807, 2.05) is 67.6 Å². The van der Waals surface area contributed by atoms with Gasteiger partial charge >= 0.3 is 5.97 Å². The van der Waals surface area contributed by atoms with Crippen molar-refractivity contribution in [3.05, 3.63) is 120 Å². The fraction of sp³-hybridized carbons (Fsp3) is 0.278. The Labute approximate surface area is 274 Å². The number of imidazole rings is 1. The monoisotopic (exact) mass is 651 g/mol. The van der Waals surface area contributed by atoms with Crippen LogP contribution in [-0.2, 0) is 38.8 Å². The molecule has 11 heteroatoms. The lowest BCUT2D eigenvalue weighted by atomic mass is 9.81. The Morgan fingerprint density at radius 2 is 1.55 bits per heavy atom. The first-order valence-electron chi connectivity index (χ1n) is 15.7. The van der Waals surface area contributed by atoms with Crippen molar-refractivity contribution in [3.8, 4) is 17.2 Å². The minimum absolute atomic E-state index is 0.0413. The van der Waals surface area contributed by atoms with Crippen LogP contribution in [0, 0.1) is 0 Å². The van der Waals surface area contributed by atoms with Gasteiger partial charge in [-0.15, -0.1) is 0 Å². The Hall–Kier alpha value is -4.87. The molecule has 242 valence electrons. The molecule has 3 aliphatic heterocycles. The Kier molecular flexibility index (Phi) is 9.19. The second-order valence-electron chi connectivity index (χ2n) is 11.8. The lowest BCUT2D eigenvalue weighted by Crippen LogP contribution is -2.41. The molecule has 0 fully saturated rings. The summed E-state index contributed by atoms with van der Waals surface area (Å²) in [5, 5.41) is 11.6. The average Bonchev–Trinajstić information content (AvgIpc) is 3.56. The zero-order chi connectivity index (χ0) is 33.0. The predicted molar refractivity (Wildman–Crippen MR) is 179 cm³/mol. The molecule has 0 aromatic heterocycles. The highest BCUT2D eigenvalue weighted by Gasteiger charge is 2.42. The maximum Gasteiger partial charge on any atom is 0.342 e. The normalized spacial score (nSPS) is 14.8. The topological polar surface area (TPSA) is 136 Å². The zero-order valence-corrected chi connectivity index (χ0v) is 27.2. The molecule has 0 radical (unpaired) electrons. The van der Waals surface area contributed by atoms with Gasteiger partial charge in [0.25, 0.3) is 10.0 Å². The Morgan fingerprint density at radius 3 is 2.15 bits per heavy atom. The fourth-order valence-electron chi connectivity index (χ4n) is 6.35. The van der Waals surface area contributed by atoms with E-state index < -0.39 is 21.6 Å². The first-order valence-corrected chi connectivity index (χ1v) is 17.2. The number of rotatable bonds is 12. The van der Waals surface area contributed by atoms with Gasteiger partial charge in [-0.05, 0) is 67.5 Å². The van der Waals surface area contributed by atoms with Crippen LogP contribution in [0.5, 0.6) is 0 Å².